The summed E-state index contributed by atoms with van der Waals surface area (Å²) < 4.78 is 62.7. The molecule has 0 atom stereocenters. The van der Waals surface area contributed by atoms with E-state index in [1.54, 1.807) is 89.0 Å². The number of pyridine rings is 4. The molecule has 0 bridgehead atoms. The molecule has 0 radical (unpaired) electrons. The quantitative estimate of drug-likeness (QED) is 0.0580. The molecule has 0 fully saturated rings. The predicted molar refractivity (Wildman–Crippen MR) is 525 cm³/mol. The molecule has 0 aliphatic rings. The van der Waals surface area contributed by atoms with Gasteiger partial charge in [-0.05, 0) is 197 Å². The summed E-state index contributed by atoms with van der Waals surface area (Å²) >= 11 is 9.82. The Hall–Kier alpha value is -16.3. The van der Waals surface area contributed by atoms with Crippen LogP contribution in [0.2, 0.25) is 5.02 Å². The van der Waals surface area contributed by atoms with Crippen LogP contribution in [-0.2, 0) is 26.7 Å². The first kappa shape index (κ1) is 91.2. The van der Waals surface area contributed by atoms with Crippen LogP contribution in [0.4, 0.5) is 8.78 Å². The van der Waals surface area contributed by atoms with E-state index in [4.69, 9.17) is 34.0 Å². The van der Waals surface area contributed by atoms with E-state index in [1.807, 2.05) is 202 Å². The van der Waals surface area contributed by atoms with E-state index >= 15 is 0 Å². The average molecular weight is 1920 g/mol. The van der Waals surface area contributed by atoms with Crippen molar-refractivity contribution in [3.8, 4) is 51.4 Å². The van der Waals surface area contributed by atoms with Crippen LogP contribution in [0.5, 0.6) is 34.5 Å². The van der Waals surface area contributed by atoms with Crippen molar-refractivity contribution in [1.82, 2.24) is 38.5 Å². The number of rotatable bonds is 18. The first-order valence-electron chi connectivity index (χ1n) is 42.0. The number of halogens is 3. The van der Waals surface area contributed by atoms with Gasteiger partial charge in [-0.15, -0.1) is 5.10 Å². The number of fused-ring (bicyclic) bond motifs is 10. The molecule has 32 heteroatoms. The van der Waals surface area contributed by atoms with Gasteiger partial charge in [-0.2, -0.15) is 0 Å². The van der Waals surface area contributed by atoms with Crippen LogP contribution in [0, 0.1) is 25.5 Å². The number of aromatic hydroxyl groups is 4. The molecule has 137 heavy (non-hydrogen) atoms. The highest BCUT2D eigenvalue weighted by Crippen LogP contribution is 2.44. The van der Waals surface area contributed by atoms with Gasteiger partial charge in [-0.1, -0.05) is 223 Å². The van der Waals surface area contributed by atoms with Gasteiger partial charge in [0.15, 0.2) is 39.7 Å². The van der Waals surface area contributed by atoms with Gasteiger partial charge in [0.25, 0.3) is 22.2 Å². The molecule has 25 nitrogen and oxygen atoms in total. The zero-order chi connectivity index (χ0) is 95.4. The van der Waals surface area contributed by atoms with Gasteiger partial charge in [0.05, 0.1) is 41.9 Å². The number of hydrogen-bond acceptors (Lipinski definition) is 24. The van der Waals surface area contributed by atoms with E-state index < -0.39 is 67.9 Å². The molecule has 9 aromatic heterocycles. The number of aryl methyl sites for hydroxylation is 3. The third kappa shape index (κ3) is 19.1. The Labute approximate surface area is 794 Å². The van der Waals surface area contributed by atoms with Crippen LogP contribution in [0.3, 0.4) is 0 Å². The molecular formula is C105H71ClF2N8O17S4. The second-order valence-electron chi connectivity index (χ2n) is 31.1. The Bertz CT molecular complexity index is 8810. The number of nitrogens with zero attached hydrogens (tertiary/aromatic N) is 8. The van der Waals surface area contributed by atoms with Crippen LogP contribution in [0.25, 0.3) is 93.5 Å². The first-order chi connectivity index (χ1) is 66.4. The van der Waals surface area contributed by atoms with Crippen molar-refractivity contribution in [1.29, 1.82) is 0 Å². The molecule has 0 spiro atoms. The fourth-order valence-electron chi connectivity index (χ4n) is 15.5. The topological polar surface area (TPSA) is 343 Å². The van der Waals surface area contributed by atoms with Crippen LogP contribution >= 0.6 is 58.6 Å². The number of para-hydroxylation sites is 1. The third-order valence-electron chi connectivity index (χ3n) is 21.9. The minimum atomic E-state index is -0.842. The number of benzene rings is 12. The smallest absolute Gasteiger partial charge is 0.354 e. The van der Waals surface area contributed by atoms with E-state index in [2.05, 4.69) is 15.5 Å². The van der Waals surface area contributed by atoms with Crippen molar-refractivity contribution in [2.75, 3.05) is 0 Å². The molecular weight excluding hydrogens is 1850 g/mol. The molecule has 0 amide bonds. The van der Waals surface area contributed by atoms with E-state index in [9.17, 15) is 67.6 Å². The largest absolute Gasteiger partial charge is 0.505 e. The van der Waals surface area contributed by atoms with Gasteiger partial charge in [0.1, 0.15) is 69.8 Å². The second kappa shape index (κ2) is 39.5. The fraction of sp³-hybridized carbons (Fsp3) is 0.0571. The summed E-state index contributed by atoms with van der Waals surface area (Å²) in [6, 6.07) is 91.5. The summed E-state index contributed by atoms with van der Waals surface area (Å²) in [4.78, 5) is 108. The fourth-order valence-corrected chi connectivity index (χ4v) is 19.0. The maximum atomic E-state index is 13.9. The van der Waals surface area contributed by atoms with Gasteiger partial charge in [-0.25, -0.2) is 32.6 Å². The van der Waals surface area contributed by atoms with Crippen molar-refractivity contribution in [2.45, 2.75) is 72.9 Å². The van der Waals surface area contributed by atoms with Crippen molar-refractivity contribution < 1.29 is 51.6 Å². The number of hydrogen-bond donors (Lipinski definition) is 4. The monoisotopic (exact) mass is 1920 g/mol. The summed E-state index contributed by atoms with van der Waals surface area (Å²) in [5.74, 6) is -1.53. The second-order valence-corrected chi connectivity index (χ2v) is 35.8. The van der Waals surface area contributed by atoms with Gasteiger partial charge in [0, 0.05) is 60.7 Å². The SMILES string of the molecule is Cc1ccc2c3oc(=O)c(Sc4cccc(Cl)c4)c(O)c3c(=O)n(Cc3ccccc3)c2c1.Cc1ccc2c3oc(=O)c(Sc4ccccc4)c(O)c3c(=O)n(Cc3ccccc3)c2c1.Cn1nnnc1Sc1c(O)c2c(=O)n(-c3ccc(F)cc3)c(-c3ccccc3)cc2oc1=O.O=c1oc2c(c(O)c1Sc1ccc(F)cc1)c(=O)n(Cc1ccccc1)c1cc(Oc3ccccc3)ccc21. The van der Waals surface area contributed by atoms with E-state index in [0.717, 1.165) is 79.8 Å². The van der Waals surface area contributed by atoms with Crippen LogP contribution in [-0.4, -0.2) is 58.9 Å². The average Bonchev–Trinajstić information content (AvgIpc) is 1.06. The molecule has 21 aromatic rings. The maximum Gasteiger partial charge on any atom is 0.354 e. The normalized spacial score (nSPS) is 11.3. The highest BCUT2D eigenvalue weighted by atomic mass is 35.5. The van der Waals surface area contributed by atoms with Gasteiger partial charge in [0.2, 0.25) is 5.16 Å². The zero-order valence-corrected chi connectivity index (χ0v) is 76.1. The van der Waals surface area contributed by atoms with Gasteiger partial charge < -0.3 is 56.5 Å². The van der Waals surface area contributed by atoms with E-state index in [-0.39, 0.29) is 86.7 Å². The Morgan fingerprint density at radius 1 is 0.372 bits per heavy atom. The first-order valence-corrected chi connectivity index (χ1v) is 45.6. The Morgan fingerprint density at radius 3 is 1.21 bits per heavy atom. The van der Waals surface area contributed by atoms with E-state index in [1.165, 1.54) is 68.4 Å². The lowest BCUT2D eigenvalue weighted by molar-refractivity contribution is 0.445. The minimum absolute atomic E-state index is 0.00137. The number of tetrazole rings is 1. The molecule has 0 aliphatic heterocycles. The summed E-state index contributed by atoms with van der Waals surface area (Å²) in [6.45, 7) is 4.72. The molecule has 4 N–H and O–H groups in total. The molecule has 0 aliphatic carbocycles. The molecule has 21 rings (SSSR count). The van der Waals surface area contributed by atoms with Crippen molar-refractivity contribution in [3.05, 3.63) is 443 Å². The van der Waals surface area contributed by atoms with Crippen LogP contribution < -0.4 is 49.5 Å². The van der Waals surface area contributed by atoms with Gasteiger partial charge >= 0.3 is 22.5 Å². The zero-order valence-electron chi connectivity index (χ0n) is 72.1. The predicted octanol–water partition coefficient (Wildman–Crippen LogP) is 21.4. The molecule has 0 unspecified atom stereocenters. The standard InChI is InChI=1S/C31H20FNO5S.C26H18ClNO4S.C26H19NO4S.C22H14FN5O4S/c32-20-11-14-23(15-12-20)39-29-27(34)26-28(38-31(29)36)24-16-13-22(37-21-9-5-2-6-10-21)17-25(24)33(30(26)35)18-19-7-3-1-4-8-19;1-15-10-11-19-20(12-15)28(14-16-6-3-2-4-7-16)25(30)21-22(29)24(26(31)32-23(19)21)33-18-9-5-8-17(27)13-18;1-16-12-13-19-20(14-16)27(15-17-8-4-2-5-9-17)25(29)21-22(28)24(26(30)31-23(19)21)32-18-10-6-3-7-11-18;1-27-22(24-25-26-27)33-19-18(29)17-16(32-21(19)31)11-15(12-5-3-2-4-6-12)28(20(17)30)14-9-7-13(23)8-10-14/h1-17,34H,18H2;2-13,29H,14H2,1H3;2-14,28H,15H2,1H3;2-11,29H,1H3. The highest BCUT2D eigenvalue weighted by molar-refractivity contribution is 8.00. The minimum Gasteiger partial charge on any atom is -0.505 e. The maximum absolute atomic E-state index is 13.9. The number of aromatic nitrogens is 8. The van der Waals surface area contributed by atoms with Crippen molar-refractivity contribution in [3.63, 3.8) is 0 Å². The Morgan fingerprint density at radius 2 is 0.759 bits per heavy atom. The molecule has 0 saturated carbocycles. The van der Waals surface area contributed by atoms with Crippen LogP contribution in [0.15, 0.2) is 411 Å². The Balaban J connectivity index is 0.000000122. The highest BCUT2D eigenvalue weighted by Gasteiger charge is 2.30. The van der Waals surface area contributed by atoms with Crippen molar-refractivity contribution >= 4 is 135 Å². The summed E-state index contributed by atoms with van der Waals surface area (Å²) in [5, 5.41) is 57.4. The lowest BCUT2D eigenvalue weighted by Gasteiger charge is -2.15. The Kier molecular flexibility index (Phi) is 26.3. The van der Waals surface area contributed by atoms with Crippen molar-refractivity contribution in [2.24, 2.45) is 7.05 Å². The molecule has 678 valence electrons. The van der Waals surface area contributed by atoms with Crippen LogP contribution in [0.1, 0.15) is 27.8 Å². The molecule has 12 aromatic carbocycles. The number of ether oxygens (including phenoxy) is 1. The lowest BCUT2D eigenvalue weighted by Crippen LogP contribution is -2.23. The lowest BCUT2D eigenvalue weighted by atomic mass is 10.1. The third-order valence-corrected chi connectivity index (χ3v) is 26.4. The summed E-state index contributed by atoms with van der Waals surface area (Å²) in [5.41, 5.74) is 2.93. The molecule has 9 heterocycles. The summed E-state index contributed by atoms with van der Waals surface area (Å²) in [7, 11) is 1.57. The van der Waals surface area contributed by atoms with E-state index in [0.29, 0.717) is 89.1 Å². The molecule has 0 saturated heterocycles. The van der Waals surface area contributed by atoms with Gasteiger partial charge in [-0.3, -0.25) is 23.7 Å². The summed E-state index contributed by atoms with van der Waals surface area (Å²) in [6.07, 6.45) is 0.